The summed E-state index contributed by atoms with van der Waals surface area (Å²) in [5, 5.41) is 23.7. The van der Waals surface area contributed by atoms with Crippen molar-refractivity contribution in [1.29, 1.82) is 0 Å². The first-order valence-electron chi connectivity index (χ1n) is 12.2. The molecule has 0 amide bonds. The molecule has 0 aliphatic rings. The van der Waals surface area contributed by atoms with E-state index in [-0.39, 0.29) is 11.8 Å². The monoisotopic (exact) mass is 537 g/mol. The van der Waals surface area contributed by atoms with Crippen molar-refractivity contribution in [3.63, 3.8) is 0 Å². The Morgan fingerprint density at radius 2 is 1.97 bits per heavy atom. The summed E-state index contributed by atoms with van der Waals surface area (Å²) in [5.41, 5.74) is 9.84. The number of esters is 1. The summed E-state index contributed by atoms with van der Waals surface area (Å²) in [7, 11) is 0. The van der Waals surface area contributed by atoms with Gasteiger partial charge >= 0.3 is 11.9 Å². The number of H-pyrrole nitrogens is 1. The number of nitrogens with two attached hydrogens (primary N) is 1. The van der Waals surface area contributed by atoms with Crippen LogP contribution in [-0.4, -0.2) is 53.3 Å². The Bertz CT molecular complexity index is 1390. The van der Waals surface area contributed by atoms with Gasteiger partial charge in [-0.1, -0.05) is 67.4 Å². The minimum absolute atomic E-state index is 0.191. The lowest BCUT2D eigenvalue weighted by atomic mass is 9.97. The van der Waals surface area contributed by atoms with Crippen LogP contribution in [0.4, 0.5) is 0 Å². The van der Waals surface area contributed by atoms with E-state index in [0.29, 0.717) is 24.5 Å². The number of aryl methyl sites for hydroxylation is 1. The molecule has 12 heteroatoms. The summed E-state index contributed by atoms with van der Waals surface area (Å²) in [6, 6.07) is 14.6. The lowest BCUT2D eigenvalue weighted by molar-refractivity contribution is -0.150. The molecule has 0 bridgehead atoms. The Morgan fingerprint density at radius 1 is 1.18 bits per heavy atom. The van der Waals surface area contributed by atoms with Crippen molar-refractivity contribution >= 4 is 23.5 Å². The largest absolute Gasteiger partial charge is 0.481 e. The van der Waals surface area contributed by atoms with Crippen molar-refractivity contribution in [1.82, 2.24) is 30.2 Å². The number of ether oxygens (including phenoxy) is 1. The van der Waals surface area contributed by atoms with Crippen molar-refractivity contribution in [3.05, 3.63) is 70.8 Å². The highest BCUT2D eigenvalue weighted by molar-refractivity contribution is 6.30. The van der Waals surface area contributed by atoms with E-state index in [0.717, 1.165) is 40.9 Å². The number of hydrogen-bond acceptors (Lipinski definition) is 8. The van der Waals surface area contributed by atoms with Gasteiger partial charge in [0.2, 0.25) is 5.82 Å². The maximum atomic E-state index is 12.3. The molecule has 2 heterocycles. The van der Waals surface area contributed by atoms with Crippen LogP contribution in [0.15, 0.2) is 48.5 Å². The van der Waals surface area contributed by atoms with Crippen LogP contribution >= 0.6 is 11.6 Å². The molecule has 0 unspecified atom stereocenters. The van der Waals surface area contributed by atoms with Crippen molar-refractivity contribution < 1.29 is 19.4 Å². The number of aliphatic carboxylic acids is 1. The first kappa shape index (κ1) is 27.0. The molecule has 2 aromatic carbocycles. The second-order valence-electron chi connectivity index (χ2n) is 8.75. The van der Waals surface area contributed by atoms with E-state index in [1.54, 1.807) is 0 Å². The van der Waals surface area contributed by atoms with Crippen molar-refractivity contribution in [2.45, 2.75) is 51.8 Å². The zero-order valence-electron chi connectivity index (χ0n) is 20.8. The number of rotatable bonds is 12. The number of aromatic amines is 1. The molecule has 0 spiro atoms. The van der Waals surface area contributed by atoms with Crippen LogP contribution in [-0.2, 0) is 33.9 Å². The number of benzene rings is 2. The zero-order valence-corrected chi connectivity index (χ0v) is 21.6. The minimum atomic E-state index is -1.27. The number of unbranched alkanes of at least 4 members (excludes halogenated alkanes) is 1. The summed E-state index contributed by atoms with van der Waals surface area (Å²) < 4.78 is 7.24. The summed E-state index contributed by atoms with van der Waals surface area (Å²) in [5.74, 6) is -0.790. The van der Waals surface area contributed by atoms with Crippen LogP contribution < -0.4 is 5.73 Å². The number of imidazole rings is 1. The summed E-state index contributed by atoms with van der Waals surface area (Å²) in [6.07, 6.45) is 2.02. The lowest BCUT2D eigenvalue weighted by Gasteiger charge is -2.15. The second-order valence-corrected chi connectivity index (χ2v) is 9.11. The highest BCUT2D eigenvalue weighted by atomic mass is 35.5. The number of tetrazole rings is 1. The molecule has 0 saturated heterocycles. The van der Waals surface area contributed by atoms with Gasteiger partial charge in [0.1, 0.15) is 18.5 Å². The molecule has 4 rings (SSSR count). The van der Waals surface area contributed by atoms with E-state index in [4.69, 9.17) is 27.2 Å². The third-order valence-corrected chi connectivity index (χ3v) is 6.30. The quantitative estimate of drug-likeness (QED) is 0.229. The van der Waals surface area contributed by atoms with Gasteiger partial charge in [-0.3, -0.25) is 9.59 Å². The number of carboxylic acid groups (broad SMARTS) is 1. The molecule has 11 nitrogen and oxygen atoms in total. The molecule has 0 aliphatic heterocycles. The number of halogens is 1. The fourth-order valence-corrected chi connectivity index (χ4v) is 4.33. The number of nitrogens with zero attached hydrogens (tertiary/aromatic N) is 5. The smallest absolute Gasteiger partial charge is 0.323 e. The average Bonchev–Trinajstić information content (AvgIpc) is 3.54. The first-order chi connectivity index (χ1) is 18.4. The third kappa shape index (κ3) is 6.42. The Morgan fingerprint density at radius 3 is 2.66 bits per heavy atom. The van der Waals surface area contributed by atoms with E-state index >= 15 is 0 Å². The van der Waals surface area contributed by atoms with Gasteiger partial charge in [0, 0.05) is 18.5 Å². The molecule has 2 aromatic heterocycles. The molecule has 0 saturated carbocycles. The number of hydrogen-bond donors (Lipinski definition) is 3. The topological polar surface area (TPSA) is 162 Å². The highest BCUT2D eigenvalue weighted by Crippen LogP contribution is 2.31. The third-order valence-electron chi connectivity index (χ3n) is 6.00. The van der Waals surface area contributed by atoms with E-state index in [9.17, 15) is 9.59 Å². The lowest BCUT2D eigenvalue weighted by Crippen LogP contribution is -2.34. The molecule has 1 atom stereocenters. The summed E-state index contributed by atoms with van der Waals surface area (Å²) >= 11 is 6.48. The van der Waals surface area contributed by atoms with Crippen LogP contribution in [0.1, 0.15) is 43.3 Å². The number of nitrogens with one attached hydrogen (secondary N) is 1. The first-order valence-corrected chi connectivity index (χ1v) is 12.5. The van der Waals surface area contributed by atoms with Crippen LogP contribution in [0.2, 0.25) is 5.15 Å². The van der Waals surface area contributed by atoms with Gasteiger partial charge in [0.15, 0.2) is 5.15 Å². The molecular weight excluding hydrogens is 510 g/mol. The molecule has 38 heavy (non-hydrogen) atoms. The Balaban J connectivity index is 1.67. The summed E-state index contributed by atoms with van der Waals surface area (Å²) in [4.78, 5) is 27.7. The highest BCUT2D eigenvalue weighted by Gasteiger charge is 2.22. The Labute approximate surface area is 224 Å². The van der Waals surface area contributed by atoms with E-state index in [1.807, 2.05) is 53.1 Å². The molecular formula is C26H28ClN7O4. The summed E-state index contributed by atoms with van der Waals surface area (Å²) in [6.45, 7) is 2.29. The van der Waals surface area contributed by atoms with E-state index in [2.05, 4.69) is 32.5 Å². The predicted molar refractivity (Wildman–Crippen MR) is 140 cm³/mol. The standard InChI is InChI=1S/C26H28ClN7O4/c1-2-3-9-22-29-24(27)21(15-38-26(37)20(28)13-23(35)36)34(22)14-16-10-11-18(17-7-5-4-6-8-17)19(12-16)25-30-32-33-31-25/h4-8,10-12,20H,2-3,9,13-15,28H2,1H3,(H,35,36)(H,30,31,32,33)/t20-/m1/s1. The maximum Gasteiger partial charge on any atom is 0.323 e. The van der Waals surface area contributed by atoms with Crippen LogP contribution in [0.5, 0.6) is 0 Å². The van der Waals surface area contributed by atoms with Crippen molar-refractivity contribution in [3.8, 4) is 22.5 Å². The number of carboxylic acids is 1. The molecule has 0 fully saturated rings. The van der Waals surface area contributed by atoms with Crippen LogP contribution in [0, 0.1) is 0 Å². The normalized spacial score (nSPS) is 11.9. The fraction of sp³-hybridized carbons (Fsp3) is 0.308. The van der Waals surface area contributed by atoms with Gasteiger partial charge in [-0.25, -0.2) is 4.98 Å². The van der Waals surface area contributed by atoms with Gasteiger partial charge in [-0.05, 0) is 34.4 Å². The second kappa shape index (κ2) is 12.4. The minimum Gasteiger partial charge on any atom is -0.481 e. The van der Waals surface area contributed by atoms with Gasteiger partial charge in [-0.15, -0.1) is 10.2 Å². The molecule has 0 radical (unpaired) electrons. The average molecular weight is 538 g/mol. The van der Waals surface area contributed by atoms with Gasteiger partial charge < -0.3 is 20.1 Å². The fourth-order valence-electron chi connectivity index (χ4n) is 4.08. The molecule has 4 N–H and O–H groups in total. The van der Waals surface area contributed by atoms with E-state index < -0.39 is 24.4 Å². The Hall–Kier alpha value is -4.09. The predicted octanol–water partition coefficient (Wildman–Crippen LogP) is 3.62. The number of carbonyl (C=O) groups is 2. The molecule has 0 aliphatic carbocycles. The zero-order chi connectivity index (χ0) is 27.1. The molecule has 198 valence electrons. The van der Waals surface area contributed by atoms with E-state index in [1.165, 1.54) is 0 Å². The van der Waals surface area contributed by atoms with Crippen LogP contribution in [0.25, 0.3) is 22.5 Å². The van der Waals surface area contributed by atoms with Crippen LogP contribution in [0.3, 0.4) is 0 Å². The molecule has 4 aromatic rings. The van der Waals surface area contributed by atoms with Gasteiger partial charge in [-0.2, -0.15) is 5.21 Å². The number of aromatic nitrogens is 6. The Kier molecular flexibility index (Phi) is 8.82. The van der Waals surface area contributed by atoms with Crippen molar-refractivity contribution in [2.75, 3.05) is 0 Å². The number of carbonyl (C=O) groups excluding carboxylic acids is 1. The van der Waals surface area contributed by atoms with Gasteiger partial charge in [0.25, 0.3) is 0 Å². The van der Waals surface area contributed by atoms with Crippen molar-refractivity contribution in [2.24, 2.45) is 5.73 Å². The maximum absolute atomic E-state index is 12.3. The van der Waals surface area contributed by atoms with Gasteiger partial charge in [0.05, 0.1) is 12.1 Å². The SMILES string of the molecule is CCCCc1nc(Cl)c(COC(=O)[C@H](N)CC(=O)O)n1Cc1ccc(-c2ccccc2)c(-c2nn[nH]n2)c1.